The van der Waals surface area contributed by atoms with E-state index < -0.39 is 44.7 Å². The van der Waals surface area contributed by atoms with Gasteiger partial charge in [-0.25, -0.2) is 0 Å². The number of aliphatic hydroxyl groups is 1. The standard InChI is InChI=1S/C23H30N2O8P/c1-15(26)17-7-5-10-25(13-17)22-21-20(32-23(2,3)33-21)19(31-22)14-30-34(28)29-11-8-18(27)16-6-4-9-24-12-16/h4-6,9-10,12-13,18-22,27H,7-8,11,14H2,1-3H3/q+1. The average Bonchev–Trinajstić information content (AvgIpc) is 3.31. The normalized spacial score (nSPS) is 29.0. The van der Waals surface area contributed by atoms with Crippen LogP contribution in [0.5, 0.6) is 0 Å². The summed E-state index contributed by atoms with van der Waals surface area (Å²) in [5.74, 6) is -0.820. The van der Waals surface area contributed by atoms with Crippen molar-refractivity contribution in [1.82, 2.24) is 9.88 Å². The molecule has 184 valence electrons. The van der Waals surface area contributed by atoms with E-state index in [2.05, 4.69) is 4.98 Å². The topological polar surface area (TPSA) is 117 Å². The van der Waals surface area contributed by atoms with E-state index in [1.807, 2.05) is 26.1 Å². The fourth-order valence-electron chi connectivity index (χ4n) is 4.15. The molecule has 0 aliphatic carbocycles. The number of carbonyl (C=O) groups is 1. The maximum Gasteiger partial charge on any atom is 0.697 e. The van der Waals surface area contributed by atoms with Crippen LogP contribution in [0.2, 0.25) is 0 Å². The Morgan fingerprint density at radius 1 is 1.35 bits per heavy atom. The van der Waals surface area contributed by atoms with Crippen LogP contribution in [0.1, 0.15) is 45.3 Å². The fraction of sp³-hybridized carbons (Fsp3) is 0.565. The molecule has 34 heavy (non-hydrogen) atoms. The van der Waals surface area contributed by atoms with Gasteiger partial charge in [0.25, 0.3) is 0 Å². The third-order valence-corrected chi connectivity index (χ3v) is 6.55. The van der Waals surface area contributed by atoms with Gasteiger partial charge in [-0.3, -0.25) is 9.78 Å². The molecule has 0 amide bonds. The number of pyridine rings is 1. The van der Waals surface area contributed by atoms with Crippen molar-refractivity contribution in [1.29, 1.82) is 0 Å². The summed E-state index contributed by atoms with van der Waals surface area (Å²) in [7, 11) is -2.42. The number of nitrogens with zero attached hydrogens (tertiary/aromatic N) is 2. The number of Topliss-reactive ketones (excluding diaryl/α,β-unsaturated/α-hetero) is 1. The summed E-state index contributed by atoms with van der Waals surface area (Å²) in [6.07, 6.45) is 6.80. The van der Waals surface area contributed by atoms with E-state index in [1.54, 1.807) is 35.6 Å². The summed E-state index contributed by atoms with van der Waals surface area (Å²) in [6, 6.07) is 3.49. The molecule has 4 rings (SSSR count). The second kappa shape index (κ2) is 10.7. The molecule has 0 spiro atoms. The molecule has 0 bridgehead atoms. The van der Waals surface area contributed by atoms with Gasteiger partial charge >= 0.3 is 8.25 Å². The van der Waals surface area contributed by atoms with E-state index >= 15 is 0 Å². The smallest absolute Gasteiger partial charge is 0.388 e. The van der Waals surface area contributed by atoms with Gasteiger partial charge < -0.3 is 24.2 Å². The molecule has 6 unspecified atom stereocenters. The van der Waals surface area contributed by atoms with Crippen molar-refractivity contribution in [2.75, 3.05) is 13.2 Å². The first-order chi connectivity index (χ1) is 16.2. The Hall–Kier alpha value is -2.04. The first-order valence-electron chi connectivity index (χ1n) is 11.2. The summed E-state index contributed by atoms with van der Waals surface area (Å²) in [6.45, 7) is 5.19. The monoisotopic (exact) mass is 493 g/mol. The highest BCUT2D eigenvalue weighted by molar-refractivity contribution is 7.33. The van der Waals surface area contributed by atoms with E-state index in [1.165, 1.54) is 6.92 Å². The molecule has 1 aromatic heterocycles. The van der Waals surface area contributed by atoms with Gasteiger partial charge in [-0.05, 0) is 38.8 Å². The molecule has 11 heteroatoms. The van der Waals surface area contributed by atoms with Crippen LogP contribution in [0.4, 0.5) is 0 Å². The van der Waals surface area contributed by atoms with Crippen molar-refractivity contribution in [3.8, 4) is 0 Å². The van der Waals surface area contributed by atoms with E-state index in [0.717, 1.165) is 0 Å². The maximum atomic E-state index is 12.3. The molecular formula is C23H30N2O8P+. The van der Waals surface area contributed by atoms with Crippen LogP contribution in [0.3, 0.4) is 0 Å². The molecule has 3 aliphatic heterocycles. The zero-order valence-electron chi connectivity index (χ0n) is 19.4. The molecule has 0 radical (unpaired) electrons. The number of ether oxygens (including phenoxy) is 3. The second-order valence-corrected chi connectivity index (χ2v) is 9.78. The molecule has 1 N–H and O–H groups in total. The van der Waals surface area contributed by atoms with Crippen LogP contribution in [-0.4, -0.2) is 64.3 Å². The fourth-order valence-corrected chi connectivity index (χ4v) is 4.75. The summed E-state index contributed by atoms with van der Waals surface area (Å²) >= 11 is 0. The summed E-state index contributed by atoms with van der Waals surface area (Å²) < 4.78 is 41.2. The molecule has 1 aromatic rings. The lowest BCUT2D eigenvalue weighted by Gasteiger charge is -2.31. The van der Waals surface area contributed by atoms with E-state index in [0.29, 0.717) is 17.6 Å². The SMILES string of the molecule is CC(=O)C1=CN(C2OC(CO[P+](=O)OCCC(O)c3cccnc3)C3OC(C)(C)OC32)C=CC1. The molecule has 0 saturated carbocycles. The summed E-state index contributed by atoms with van der Waals surface area (Å²) in [5.41, 5.74) is 1.33. The number of hydrogen-bond donors (Lipinski definition) is 1. The number of ketones is 1. The Bertz CT molecular complexity index is 954. The van der Waals surface area contributed by atoms with E-state index in [9.17, 15) is 14.5 Å². The lowest BCUT2D eigenvalue weighted by Crippen LogP contribution is -2.39. The van der Waals surface area contributed by atoms with Crippen LogP contribution in [0.15, 0.2) is 48.6 Å². The van der Waals surface area contributed by atoms with Gasteiger partial charge in [0.2, 0.25) is 0 Å². The number of aliphatic hydroxyl groups excluding tert-OH is 1. The number of rotatable bonds is 10. The first kappa shape index (κ1) is 25.1. The summed E-state index contributed by atoms with van der Waals surface area (Å²) in [5, 5.41) is 10.2. The van der Waals surface area contributed by atoms with Gasteiger partial charge in [-0.15, -0.1) is 9.05 Å². The average molecular weight is 493 g/mol. The third-order valence-electron chi connectivity index (χ3n) is 5.79. The van der Waals surface area contributed by atoms with Crippen LogP contribution in [0.25, 0.3) is 0 Å². The van der Waals surface area contributed by atoms with Crippen molar-refractivity contribution in [3.05, 3.63) is 54.1 Å². The van der Waals surface area contributed by atoms with Gasteiger partial charge in [-0.2, -0.15) is 0 Å². The van der Waals surface area contributed by atoms with Crippen molar-refractivity contribution >= 4 is 14.0 Å². The maximum absolute atomic E-state index is 12.3. The quantitative estimate of drug-likeness (QED) is 0.487. The third kappa shape index (κ3) is 5.95. The predicted molar refractivity (Wildman–Crippen MR) is 120 cm³/mol. The van der Waals surface area contributed by atoms with Crippen LogP contribution in [-0.2, 0) is 32.6 Å². The summed E-state index contributed by atoms with van der Waals surface area (Å²) in [4.78, 5) is 17.6. The van der Waals surface area contributed by atoms with Gasteiger partial charge in [0.1, 0.15) is 31.5 Å². The molecule has 10 nitrogen and oxygen atoms in total. The molecule has 3 aliphatic rings. The molecule has 0 aromatic carbocycles. The Kier molecular flexibility index (Phi) is 7.89. The van der Waals surface area contributed by atoms with Gasteiger partial charge in [0.05, 0.1) is 6.10 Å². The number of carbonyl (C=O) groups excluding carboxylic acids is 1. The first-order valence-corrected chi connectivity index (χ1v) is 12.3. The highest BCUT2D eigenvalue weighted by Crippen LogP contribution is 2.41. The van der Waals surface area contributed by atoms with Gasteiger partial charge in [-0.1, -0.05) is 12.1 Å². The molecule has 4 heterocycles. The number of aromatic nitrogens is 1. The molecular weight excluding hydrogens is 463 g/mol. The Morgan fingerprint density at radius 2 is 2.15 bits per heavy atom. The Balaban J connectivity index is 1.31. The number of allylic oxidation sites excluding steroid dienone is 2. The van der Waals surface area contributed by atoms with E-state index in [4.69, 9.17) is 23.3 Å². The zero-order chi connectivity index (χ0) is 24.3. The van der Waals surface area contributed by atoms with Gasteiger partial charge in [0.15, 0.2) is 17.8 Å². The van der Waals surface area contributed by atoms with Crippen LogP contribution in [0, 0.1) is 0 Å². The molecule has 6 atom stereocenters. The highest BCUT2D eigenvalue weighted by atomic mass is 31.1. The van der Waals surface area contributed by atoms with Crippen molar-refractivity contribution in [2.24, 2.45) is 0 Å². The Labute approximate surface area is 199 Å². The number of hydrogen-bond acceptors (Lipinski definition) is 10. The van der Waals surface area contributed by atoms with Crippen LogP contribution < -0.4 is 0 Å². The predicted octanol–water partition coefficient (Wildman–Crippen LogP) is 3.13. The molecule has 2 fully saturated rings. The highest BCUT2D eigenvalue weighted by Gasteiger charge is 2.57. The van der Waals surface area contributed by atoms with Crippen molar-refractivity contribution in [2.45, 2.75) is 70.0 Å². The van der Waals surface area contributed by atoms with Crippen molar-refractivity contribution < 1.29 is 37.7 Å². The minimum atomic E-state index is -2.42. The lowest BCUT2D eigenvalue weighted by atomic mass is 10.1. The van der Waals surface area contributed by atoms with Crippen molar-refractivity contribution in [3.63, 3.8) is 0 Å². The minimum absolute atomic E-state index is 0.00417. The van der Waals surface area contributed by atoms with Crippen LogP contribution >= 0.6 is 8.25 Å². The Morgan fingerprint density at radius 3 is 2.88 bits per heavy atom. The largest absolute Gasteiger partial charge is 0.697 e. The molecule has 2 saturated heterocycles. The zero-order valence-corrected chi connectivity index (χ0v) is 20.3. The lowest BCUT2D eigenvalue weighted by molar-refractivity contribution is -0.201. The minimum Gasteiger partial charge on any atom is -0.388 e. The van der Waals surface area contributed by atoms with E-state index in [-0.39, 0.29) is 25.4 Å². The number of fused-ring (bicyclic) bond motifs is 1. The van der Waals surface area contributed by atoms with Gasteiger partial charge in [0, 0.05) is 41.4 Å². The second-order valence-electron chi connectivity index (χ2n) is 8.82.